The van der Waals surface area contributed by atoms with Crippen LogP contribution in [-0.4, -0.2) is 25.1 Å². The minimum absolute atomic E-state index is 0.124. The largest absolute Gasteiger partial charge is 0.483 e. The molecule has 3 aromatic carbocycles. The van der Waals surface area contributed by atoms with Crippen LogP contribution in [-0.2, 0) is 16.1 Å². The fourth-order valence-corrected chi connectivity index (χ4v) is 3.89. The third-order valence-electron chi connectivity index (χ3n) is 4.86. The molecule has 0 aliphatic carbocycles. The Balaban J connectivity index is 1.87. The Bertz CT molecular complexity index is 1130. The molecule has 0 aliphatic heterocycles. The summed E-state index contributed by atoms with van der Waals surface area (Å²) in [5.74, 6) is -0.192. The molecular formula is C25H22Cl3NO4. The van der Waals surface area contributed by atoms with Gasteiger partial charge in [0.2, 0.25) is 0 Å². The minimum atomic E-state index is -0.433. The molecule has 0 unspecified atom stereocenters. The second kappa shape index (κ2) is 11.4. The van der Waals surface area contributed by atoms with Crippen molar-refractivity contribution in [3.8, 4) is 5.75 Å². The van der Waals surface area contributed by atoms with Gasteiger partial charge in [-0.05, 0) is 74.0 Å². The number of hydrogen-bond acceptors (Lipinski definition) is 4. The third kappa shape index (κ3) is 6.41. The second-order valence-corrected chi connectivity index (χ2v) is 8.40. The van der Waals surface area contributed by atoms with Crippen molar-refractivity contribution in [1.29, 1.82) is 0 Å². The number of hydrogen-bond donors (Lipinski definition) is 0. The summed E-state index contributed by atoms with van der Waals surface area (Å²) in [6, 6.07) is 16.9. The standard InChI is InChI=1S/C25H22Cl3NO4/c1-3-32-25(31)17-7-10-19(11-8-17)29(14-20-21(27)5-4-6-22(20)28)24(30)15-33-23-12-9-18(26)13-16(23)2/h4-13H,3,14-15H2,1-2H3. The predicted molar refractivity (Wildman–Crippen MR) is 132 cm³/mol. The number of esters is 1. The summed E-state index contributed by atoms with van der Waals surface area (Å²) in [4.78, 5) is 26.7. The summed E-state index contributed by atoms with van der Waals surface area (Å²) in [5, 5.41) is 1.47. The van der Waals surface area contributed by atoms with Gasteiger partial charge in [-0.3, -0.25) is 4.79 Å². The molecule has 3 rings (SSSR count). The Kier molecular flexibility index (Phi) is 8.61. The maximum Gasteiger partial charge on any atom is 0.338 e. The fourth-order valence-electron chi connectivity index (χ4n) is 3.15. The molecule has 0 atom stereocenters. The van der Waals surface area contributed by atoms with Crippen LogP contribution in [0.4, 0.5) is 5.69 Å². The smallest absolute Gasteiger partial charge is 0.338 e. The van der Waals surface area contributed by atoms with E-state index in [-0.39, 0.29) is 25.7 Å². The van der Waals surface area contributed by atoms with Crippen molar-refractivity contribution >= 4 is 52.4 Å². The van der Waals surface area contributed by atoms with Crippen LogP contribution in [0.25, 0.3) is 0 Å². The zero-order valence-electron chi connectivity index (χ0n) is 18.1. The van der Waals surface area contributed by atoms with Crippen LogP contribution >= 0.6 is 34.8 Å². The zero-order valence-corrected chi connectivity index (χ0v) is 20.4. The van der Waals surface area contributed by atoms with Crippen LogP contribution in [0.2, 0.25) is 15.1 Å². The van der Waals surface area contributed by atoms with Crippen molar-refractivity contribution in [1.82, 2.24) is 0 Å². The molecule has 172 valence electrons. The molecule has 0 saturated heterocycles. The fraction of sp³-hybridized carbons (Fsp3) is 0.200. The molecule has 33 heavy (non-hydrogen) atoms. The molecule has 3 aromatic rings. The van der Waals surface area contributed by atoms with Gasteiger partial charge in [-0.2, -0.15) is 0 Å². The molecule has 5 nitrogen and oxygen atoms in total. The number of halogens is 3. The Morgan fingerprint density at radius 1 is 0.939 bits per heavy atom. The maximum absolute atomic E-state index is 13.2. The molecular weight excluding hydrogens is 485 g/mol. The lowest BCUT2D eigenvalue weighted by atomic mass is 10.1. The van der Waals surface area contributed by atoms with Crippen LogP contribution in [0, 0.1) is 6.92 Å². The van der Waals surface area contributed by atoms with Crippen molar-refractivity contribution in [3.63, 3.8) is 0 Å². The normalized spacial score (nSPS) is 10.6. The zero-order chi connectivity index (χ0) is 24.0. The number of rotatable bonds is 8. The Morgan fingerprint density at radius 2 is 1.61 bits per heavy atom. The average Bonchev–Trinajstić information content (AvgIpc) is 2.78. The molecule has 0 N–H and O–H groups in total. The Labute approximate surface area is 207 Å². The lowest BCUT2D eigenvalue weighted by Crippen LogP contribution is -2.34. The van der Waals surface area contributed by atoms with Crippen molar-refractivity contribution < 1.29 is 19.1 Å². The quantitative estimate of drug-likeness (QED) is 0.317. The first-order valence-electron chi connectivity index (χ1n) is 10.2. The lowest BCUT2D eigenvalue weighted by molar-refractivity contribution is -0.120. The molecule has 0 fully saturated rings. The first-order chi connectivity index (χ1) is 15.8. The topological polar surface area (TPSA) is 55.8 Å². The van der Waals surface area contributed by atoms with E-state index < -0.39 is 5.97 Å². The van der Waals surface area contributed by atoms with Gasteiger partial charge in [0.25, 0.3) is 5.91 Å². The number of nitrogens with zero attached hydrogens (tertiary/aromatic N) is 1. The molecule has 8 heteroatoms. The van der Waals surface area contributed by atoms with E-state index in [2.05, 4.69) is 0 Å². The Morgan fingerprint density at radius 3 is 2.21 bits per heavy atom. The number of ether oxygens (including phenoxy) is 2. The van der Waals surface area contributed by atoms with E-state index in [0.717, 1.165) is 5.56 Å². The molecule has 0 heterocycles. The van der Waals surface area contributed by atoms with Crippen LogP contribution in [0.3, 0.4) is 0 Å². The van der Waals surface area contributed by atoms with Gasteiger partial charge >= 0.3 is 5.97 Å². The number of carbonyl (C=O) groups is 2. The van der Waals surface area contributed by atoms with E-state index in [1.807, 2.05) is 6.92 Å². The molecule has 0 aromatic heterocycles. The van der Waals surface area contributed by atoms with Gasteiger partial charge in [-0.15, -0.1) is 0 Å². The summed E-state index contributed by atoms with van der Waals surface area (Å²) >= 11 is 18.7. The van der Waals surface area contributed by atoms with Crippen LogP contribution < -0.4 is 9.64 Å². The third-order valence-corrected chi connectivity index (χ3v) is 5.80. The molecule has 1 amide bonds. The SMILES string of the molecule is CCOC(=O)c1ccc(N(Cc2c(Cl)cccc2Cl)C(=O)COc2ccc(Cl)cc2C)cc1. The van der Waals surface area contributed by atoms with Gasteiger partial charge in [0.1, 0.15) is 5.75 Å². The summed E-state index contributed by atoms with van der Waals surface area (Å²) in [7, 11) is 0. The van der Waals surface area contributed by atoms with E-state index in [9.17, 15) is 9.59 Å². The Hall–Kier alpha value is -2.73. The number of carbonyl (C=O) groups excluding carboxylic acids is 2. The average molecular weight is 507 g/mol. The highest BCUT2D eigenvalue weighted by Crippen LogP contribution is 2.29. The highest BCUT2D eigenvalue weighted by molar-refractivity contribution is 6.36. The number of amides is 1. The van der Waals surface area contributed by atoms with E-state index in [0.29, 0.717) is 37.6 Å². The molecule has 0 aliphatic rings. The van der Waals surface area contributed by atoms with Gasteiger partial charge in [0, 0.05) is 26.3 Å². The van der Waals surface area contributed by atoms with Crippen molar-refractivity contribution in [2.24, 2.45) is 0 Å². The van der Waals surface area contributed by atoms with Gasteiger partial charge in [-0.1, -0.05) is 40.9 Å². The highest BCUT2D eigenvalue weighted by Gasteiger charge is 2.21. The summed E-state index contributed by atoms with van der Waals surface area (Å²) in [6.07, 6.45) is 0. The van der Waals surface area contributed by atoms with Crippen LogP contribution in [0.15, 0.2) is 60.7 Å². The summed E-state index contributed by atoms with van der Waals surface area (Å²) < 4.78 is 10.8. The van der Waals surface area contributed by atoms with Gasteiger partial charge in [-0.25, -0.2) is 4.79 Å². The molecule has 0 radical (unpaired) electrons. The van der Waals surface area contributed by atoms with E-state index in [4.69, 9.17) is 44.3 Å². The number of benzene rings is 3. The predicted octanol–water partition coefficient (Wildman–Crippen LogP) is 6.74. The summed E-state index contributed by atoms with van der Waals surface area (Å²) in [5.41, 5.74) is 2.36. The van der Waals surface area contributed by atoms with Crippen molar-refractivity contribution in [2.75, 3.05) is 18.1 Å². The van der Waals surface area contributed by atoms with Gasteiger partial charge < -0.3 is 14.4 Å². The lowest BCUT2D eigenvalue weighted by Gasteiger charge is -2.24. The molecule has 0 bridgehead atoms. The molecule has 0 saturated carbocycles. The van der Waals surface area contributed by atoms with Gasteiger partial charge in [0.05, 0.1) is 18.7 Å². The number of aryl methyl sites for hydroxylation is 1. The first kappa shape index (κ1) is 24.9. The number of anilines is 1. The van der Waals surface area contributed by atoms with Crippen molar-refractivity contribution in [2.45, 2.75) is 20.4 Å². The summed E-state index contributed by atoms with van der Waals surface area (Å²) in [6.45, 7) is 3.77. The van der Waals surface area contributed by atoms with E-state index in [1.165, 1.54) is 4.90 Å². The maximum atomic E-state index is 13.2. The highest BCUT2D eigenvalue weighted by atomic mass is 35.5. The van der Waals surface area contributed by atoms with Crippen LogP contribution in [0.5, 0.6) is 5.75 Å². The minimum Gasteiger partial charge on any atom is -0.483 e. The second-order valence-electron chi connectivity index (χ2n) is 7.15. The molecule has 0 spiro atoms. The van der Waals surface area contributed by atoms with E-state index >= 15 is 0 Å². The van der Waals surface area contributed by atoms with Crippen molar-refractivity contribution in [3.05, 3.63) is 92.4 Å². The first-order valence-corrected chi connectivity index (χ1v) is 11.3. The monoisotopic (exact) mass is 505 g/mol. The van der Waals surface area contributed by atoms with Crippen LogP contribution in [0.1, 0.15) is 28.4 Å². The van der Waals surface area contributed by atoms with E-state index in [1.54, 1.807) is 67.6 Å². The van der Waals surface area contributed by atoms with Gasteiger partial charge in [0.15, 0.2) is 6.61 Å².